The Hall–Kier alpha value is 0.250. The summed E-state index contributed by atoms with van der Waals surface area (Å²) in [6.45, 7) is 3.17. The molecule has 0 bridgehead atoms. The number of hydrogen-bond acceptors (Lipinski definition) is 1. The first-order valence-electron chi connectivity index (χ1n) is 5.56. The minimum Gasteiger partial charge on any atom is -0.378 e. The van der Waals surface area contributed by atoms with Gasteiger partial charge in [0.15, 0.2) is 0 Å². The van der Waals surface area contributed by atoms with Crippen LogP contribution < -0.4 is 0 Å². The lowest BCUT2D eigenvalue weighted by Gasteiger charge is -2.15. The number of hydrogen-bond donors (Lipinski definition) is 0. The molecule has 2 unspecified atom stereocenters. The van der Waals surface area contributed by atoms with Crippen LogP contribution in [0.4, 0.5) is 0 Å². The molecule has 0 radical (unpaired) electrons. The van der Waals surface area contributed by atoms with Crippen molar-refractivity contribution in [3.63, 3.8) is 0 Å². The minimum atomic E-state index is 0.467. The van der Waals surface area contributed by atoms with E-state index in [0.29, 0.717) is 12.0 Å². The lowest BCUT2D eigenvalue weighted by Crippen LogP contribution is -2.16. The summed E-state index contributed by atoms with van der Waals surface area (Å²) < 4.78 is 5.65. The van der Waals surface area contributed by atoms with Gasteiger partial charge in [-0.05, 0) is 12.8 Å². The Labute approximate surface area is 86.8 Å². The second-order valence-electron chi connectivity index (χ2n) is 3.96. The molecule has 0 aliphatic carbocycles. The van der Waals surface area contributed by atoms with Gasteiger partial charge in [-0.2, -0.15) is 0 Å². The van der Waals surface area contributed by atoms with Crippen molar-refractivity contribution < 1.29 is 4.74 Å². The standard InChI is InChI=1S/C11H21ClO/c1-2-3-4-5-6-11-10(9-12)7-8-13-11/h10-11H,2-9H2,1H3. The van der Waals surface area contributed by atoms with Gasteiger partial charge < -0.3 is 4.74 Å². The monoisotopic (exact) mass is 204 g/mol. The van der Waals surface area contributed by atoms with Gasteiger partial charge in [0.25, 0.3) is 0 Å². The highest BCUT2D eigenvalue weighted by Gasteiger charge is 2.26. The largest absolute Gasteiger partial charge is 0.378 e. The molecule has 13 heavy (non-hydrogen) atoms. The molecule has 0 amide bonds. The van der Waals surface area contributed by atoms with Crippen LogP contribution in [0.1, 0.15) is 45.4 Å². The summed E-state index contributed by atoms with van der Waals surface area (Å²) in [5.74, 6) is 1.40. The quantitative estimate of drug-likeness (QED) is 0.475. The van der Waals surface area contributed by atoms with Crippen LogP contribution in [0, 0.1) is 5.92 Å². The molecule has 1 heterocycles. The molecule has 0 N–H and O–H groups in total. The van der Waals surface area contributed by atoms with Crippen molar-refractivity contribution in [2.75, 3.05) is 12.5 Å². The average Bonchev–Trinajstić information content (AvgIpc) is 2.60. The Balaban J connectivity index is 2.06. The van der Waals surface area contributed by atoms with Crippen molar-refractivity contribution in [3.05, 3.63) is 0 Å². The molecule has 1 aliphatic rings. The van der Waals surface area contributed by atoms with Gasteiger partial charge >= 0.3 is 0 Å². The van der Waals surface area contributed by atoms with Crippen LogP contribution in [-0.4, -0.2) is 18.6 Å². The van der Waals surface area contributed by atoms with Gasteiger partial charge in [0.1, 0.15) is 0 Å². The Morgan fingerprint density at radius 3 is 2.85 bits per heavy atom. The predicted octanol–water partition coefficient (Wildman–Crippen LogP) is 3.60. The molecule has 2 heteroatoms. The fraction of sp³-hybridized carbons (Fsp3) is 1.00. The van der Waals surface area contributed by atoms with E-state index >= 15 is 0 Å². The highest BCUT2D eigenvalue weighted by Crippen LogP contribution is 2.26. The smallest absolute Gasteiger partial charge is 0.0615 e. The lowest BCUT2D eigenvalue weighted by atomic mass is 9.98. The number of ether oxygens (including phenoxy) is 1. The zero-order valence-corrected chi connectivity index (χ0v) is 9.35. The van der Waals surface area contributed by atoms with Crippen LogP contribution in [0.3, 0.4) is 0 Å². The third-order valence-corrected chi connectivity index (χ3v) is 3.28. The van der Waals surface area contributed by atoms with Crippen LogP contribution in [0.5, 0.6) is 0 Å². The number of rotatable bonds is 6. The van der Waals surface area contributed by atoms with E-state index in [1.807, 2.05) is 0 Å². The molecule has 0 spiro atoms. The van der Waals surface area contributed by atoms with E-state index < -0.39 is 0 Å². The maximum atomic E-state index is 5.86. The van der Waals surface area contributed by atoms with Crippen LogP contribution >= 0.6 is 11.6 Å². The van der Waals surface area contributed by atoms with E-state index in [-0.39, 0.29) is 0 Å². The van der Waals surface area contributed by atoms with Gasteiger partial charge in [0.05, 0.1) is 6.10 Å². The first-order chi connectivity index (χ1) is 6.38. The normalized spacial score (nSPS) is 28.2. The molecule has 0 aromatic heterocycles. The van der Waals surface area contributed by atoms with Gasteiger partial charge in [-0.25, -0.2) is 0 Å². The lowest BCUT2D eigenvalue weighted by molar-refractivity contribution is 0.0854. The highest BCUT2D eigenvalue weighted by molar-refractivity contribution is 6.18. The van der Waals surface area contributed by atoms with Crippen molar-refractivity contribution in [1.82, 2.24) is 0 Å². The first kappa shape index (κ1) is 11.3. The molecule has 0 aromatic rings. The first-order valence-corrected chi connectivity index (χ1v) is 6.09. The molecular formula is C11H21ClO. The summed E-state index contributed by atoms with van der Waals surface area (Å²) in [5, 5.41) is 0. The summed E-state index contributed by atoms with van der Waals surface area (Å²) in [4.78, 5) is 0. The summed E-state index contributed by atoms with van der Waals surface area (Å²) in [7, 11) is 0. The molecule has 1 rings (SSSR count). The van der Waals surface area contributed by atoms with E-state index in [1.54, 1.807) is 0 Å². The van der Waals surface area contributed by atoms with Gasteiger partial charge in [-0.15, -0.1) is 11.6 Å². The molecule has 1 fully saturated rings. The van der Waals surface area contributed by atoms with Gasteiger partial charge in [0, 0.05) is 18.4 Å². The van der Waals surface area contributed by atoms with E-state index in [0.717, 1.165) is 12.5 Å². The fourth-order valence-corrected chi connectivity index (χ4v) is 2.31. The van der Waals surface area contributed by atoms with Crippen LogP contribution in [0.2, 0.25) is 0 Å². The number of halogens is 1. The maximum absolute atomic E-state index is 5.86. The second kappa shape index (κ2) is 6.67. The Morgan fingerprint density at radius 1 is 1.31 bits per heavy atom. The summed E-state index contributed by atoms with van der Waals surface area (Å²) in [6.07, 6.45) is 8.19. The van der Waals surface area contributed by atoms with Crippen molar-refractivity contribution in [2.45, 2.75) is 51.6 Å². The summed E-state index contributed by atoms with van der Waals surface area (Å²) in [5.41, 5.74) is 0. The third kappa shape index (κ3) is 3.86. The molecule has 1 nitrogen and oxygen atoms in total. The molecule has 1 aliphatic heterocycles. The van der Waals surface area contributed by atoms with Crippen LogP contribution in [0.15, 0.2) is 0 Å². The van der Waals surface area contributed by atoms with E-state index in [1.165, 1.54) is 38.5 Å². The predicted molar refractivity (Wildman–Crippen MR) is 57.3 cm³/mol. The number of alkyl halides is 1. The van der Waals surface area contributed by atoms with Gasteiger partial charge in [-0.3, -0.25) is 0 Å². The van der Waals surface area contributed by atoms with Crippen molar-refractivity contribution in [1.29, 1.82) is 0 Å². The van der Waals surface area contributed by atoms with E-state index in [9.17, 15) is 0 Å². The Bertz CT molecular complexity index is 127. The molecule has 1 saturated heterocycles. The molecular weight excluding hydrogens is 184 g/mol. The fourth-order valence-electron chi connectivity index (χ4n) is 1.96. The van der Waals surface area contributed by atoms with Gasteiger partial charge in [-0.1, -0.05) is 32.6 Å². The van der Waals surface area contributed by atoms with Crippen LogP contribution in [-0.2, 0) is 4.74 Å². The molecule has 0 saturated carbocycles. The highest BCUT2D eigenvalue weighted by atomic mass is 35.5. The third-order valence-electron chi connectivity index (χ3n) is 2.89. The second-order valence-corrected chi connectivity index (χ2v) is 4.27. The van der Waals surface area contributed by atoms with Crippen molar-refractivity contribution >= 4 is 11.6 Å². The topological polar surface area (TPSA) is 9.23 Å². The van der Waals surface area contributed by atoms with E-state index in [2.05, 4.69) is 6.92 Å². The molecule has 2 atom stereocenters. The Kier molecular flexibility index (Phi) is 5.81. The molecule has 78 valence electrons. The summed E-state index contributed by atoms with van der Waals surface area (Å²) in [6, 6.07) is 0. The maximum Gasteiger partial charge on any atom is 0.0615 e. The SMILES string of the molecule is CCCCCCC1OCCC1CCl. The zero-order valence-electron chi connectivity index (χ0n) is 8.60. The zero-order chi connectivity index (χ0) is 9.52. The van der Waals surface area contributed by atoms with Crippen LogP contribution in [0.25, 0.3) is 0 Å². The molecule has 0 aromatic carbocycles. The number of unbranched alkanes of at least 4 members (excludes halogenated alkanes) is 3. The van der Waals surface area contributed by atoms with Crippen molar-refractivity contribution in [2.24, 2.45) is 5.92 Å². The minimum absolute atomic E-state index is 0.467. The van der Waals surface area contributed by atoms with Crippen molar-refractivity contribution in [3.8, 4) is 0 Å². The average molecular weight is 205 g/mol. The Morgan fingerprint density at radius 2 is 2.15 bits per heavy atom. The summed E-state index contributed by atoms with van der Waals surface area (Å²) >= 11 is 5.86. The van der Waals surface area contributed by atoms with E-state index in [4.69, 9.17) is 16.3 Å². The van der Waals surface area contributed by atoms with Gasteiger partial charge in [0.2, 0.25) is 0 Å².